The number of ether oxygens (including phenoxy) is 1. The molecule has 0 spiro atoms. The van der Waals surface area contributed by atoms with E-state index in [2.05, 4.69) is 41.7 Å². The van der Waals surface area contributed by atoms with Gasteiger partial charge in [0.15, 0.2) is 11.6 Å². The van der Waals surface area contributed by atoms with Crippen LogP contribution in [0.1, 0.15) is 28.6 Å². The standard InChI is InChI=1S/C25H21N9O6/c1-3-38-25(35)15-6-10-18(19(12-15)34(36)37)20-11-9-17(39-20)13-26-30-21-22(28-24-23(27-21)32-40-33-24)31-29-16-7-4-14(2)5-8-16/h4-13,29H,3H2,1-2H3,(H,27,30,32)(H,28,31,33)/b26-13+. The van der Waals surface area contributed by atoms with Crippen LogP contribution in [0.15, 0.2) is 68.7 Å². The normalized spacial score (nSPS) is 11.1. The van der Waals surface area contributed by atoms with Gasteiger partial charge in [0, 0.05) is 6.07 Å². The van der Waals surface area contributed by atoms with E-state index >= 15 is 0 Å². The second-order valence-electron chi connectivity index (χ2n) is 8.23. The van der Waals surface area contributed by atoms with Gasteiger partial charge in [0.2, 0.25) is 11.3 Å². The zero-order chi connectivity index (χ0) is 28.1. The van der Waals surface area contributed by atoms with E-state index in [1.54, 1.807) is 19.1 Å². The van der Waals surface area contributed by atoms with Crippen molar-refractivity contribution in [1.82, 2.24) is 20.3 Å². The van der Waals surface area contributed by atoms with Crippen molar-refractivity contribution >= 4 is 46.5 Å². The number of fused-ring (bicyclic) bond motifs is 1. The molecule has 0 unspecified atom stereocenters. The summed E-state index contributed by atoms with van der Waals surface area (Å²) in [7, 11) is 0. The topological polar surface area (TPSA) is 196 Å². The molecule has 0 amide bonds. The molecule has 3 N–H and O–H groups in total. The van der Waals surface area contributed by atoms with Crippen LogP contribution in [-0.2, 0) is 4.74 Å². The summed E-state index contributed by atoms with van der Waals surface area (Å²) in [6.07, 6.45) is 1.35. The third kappa shape index (κ3) is 5.67. The molecule has 0 saturated carbocycles. The first-order valence-electron chi connectivity index (χ1n) is 11.8. The molecule has 0 radical (unpaired) electrons. The number of nitrogens with one attached hydrogen (secondary N) is 3. The maximum Gasteiger partial charge on any atom is 0.338 e. The minimum absolute atomic E-state index is 0.0662. The Labute approximate surface area is 225 Å². The number of nitro groups is 1. The molecule has 3 heterocycles. The van der Waals surface area contributed by atoms with Gasteiger partial charge in [0.05, 0.1) is 34.6 Å². The summed E-state index contributed by atoms with van der Waals surface area (Å²) in [5.74, 6) is 0.314. The van der Waals surface area contributed by atoms with E-state index in [9.17, 15) is 14.9 Å². The van der Waals surface area contributed by atoms with Crippen LogP contribution in [0.5, 0.6) is 0 Å². The number of rotatable bonds is 10. The highest BCUT2D eigenvalue weighted by Crippen LogP contribution is 2.32. The smallest absolute Gasteiger partial charge is 0.338 e. The Bertz CT molecular complexity index is 1710. The molecule has 40 heavy (non-hydrogen) atoms. The van der Waals surface area contributed by atoms with E-state index in [4.69, 9.17) is 13.8 Å². The van der Waals surface area contributed by atoms with Crippen molar-refractivity contribution in [3.8, 4) is 11.3 Å². The van der Waals surface area contributed by atoms with E-state index in [-0.39, 0.29) is 57.9 Å². The number of nitro benzene ring substituents is 1. The quantitative estimate of drug-likeness (QED) is 0.0961. The van der Waals surface area contributed by atoms with Crippen LogP contribution >= 0.6 is 0 Å². The maximum absolute atomic E-state index is 12.0. The van der Waals surface area contributed by atoms with Gasteiger partial charge in [-0.05, 0) is 60.6 Å². The number of hydrazine groups is 1. The number of furan rings is 1. The first-order chi connectivity index (χ1) is 19.4. The maximum atomic E-state index is 12.0. The highest BCUT2D eigenvalue weighted by molar-refractivity contribution is 5.92. The number of nitrogens with zero attached hydrogens (tertiary/aromatic N) is 6. The second kappa shape index (κ2) is 11.3. The van der Waals surface area contributed by atoms with Crippen LogP contribution < -0.4 is 16.3 Å². The summed E-state index contributed by atoms with van der Waals surface area (Å²) in [5, 5.41) is 23.2. The third-order valence-electron chi connectivity index (χ3n) is 5.45. The minimum Gasteiger partial charge on any atom is -0.462 e. The lowest BCUT2D eigenvalue weighted by Crippen LogP contribution is -2.13. The SMILES string of the molecule is CCOC(=O)c1ccc(-c2ccc(/C=N/Nc3nc4nonc4nc3NNc3ccc(C)cc3)o2)c([N+](=O)[O-])c1. The fraction of sp³-hybridized carbons (Fsp3) is 0.120. The van der Waals surface area contributed by atoms with Crippen LogP contribution in [0.25, 0.3) is 22.6 Å². The lowest BCUT2D eigenvalue weighted by Gasteiger charge is -2.11. The van der Waals surface area contributed by atoms with Crippen LogP contribution in [0.4, 0.5) is 23.0 Å². The van der Waals surface area contributed by atoms with Crippen LogP contribution in [-0.4, -0.2) is 44.0 Å². The van der Waals surface area contributed by atoms with Gasteiger partial charge in [-0.1, -0.05) is 17.7 Å². The van der Waals surface area contributed by atoms with Gasteiger partial charge in [-0.3, -0.25) is 26.4 Å². The van der Waals surface area contributed by atoms with Crippen LogP contribution in [0.2, 0.25) is 0 Å². The fourth-order valence-corrected chi connectivity index (χ4v) is 3.53. The van der Waals surface area contributed by atoms with Gasteiger partial charge in [0.1, 0.15) is 11.5 Å². The zero-order valence-corrected chi connectivity index (χ0v) is 21.1. The Morgan fingerprint density at radius 3 is 2.52 bits per heavy atom. The number of hydrazone groups is 1. The van der Waals surface area contributed by atoms with Gasteiger partial charge >= 0.3 is 5.97 Å². The largest absolute Gasteiger partial charge is 0.462 e. The number of esters is 1. The fourth-order valence-electron chi connectivity index (χ4n) is 3.53. The number of hydrogen-bond donors (Lipinski definition) is 3. The Balaban J connectivity index is 1.34. The first kappa shape index (κ1) is 25.8. The summed E-state index contributed by atoms with van der Waals surface area (Å²) in [5.41, 5.74) is 10.9. The number of carbonyl (C=O) groups is 1. The summed E-state index contributed by atoms with van der Waals surface area (Å²) < 4.78 is 15.4. The summed E-state index contributed by atoms with van der Waals surface area (Å²) in [6.45, 7) is 3.79. The summed E-state index contributed by atoms with van der Waals surface area (Å²) in [4.78, 5) is 31.7. The Morgan fingerprint density at radius 2 is 1.80 bits per heavy atom. The van der Waals surface area contributed by atoms with Gasteiger partial charge in [-0.15, -0.1) is 0 Å². The molecule has 0 fully saturated rings. The molecule has 15 nitrogen and oxygen atoms in total. The van der Waals surface area contributed by atoms with Crippen molar-refractivity contribution in [2.75, 3.05) is 22.9 Å². The lowest BCUT2D eigenvalue weighted by molar-refractivity contribution is -0.384. The zero-order valence-electron chi connectivity index (χ0n) is 21.1. The molecule has 0 bridgehead atoms. The number of hydrogen-bond acceptors (Lipinski definition) is 14. The van der Waals surface area contributed by atoms with E-state index in [1.165, 1.54) is 18.3 Å². The molecule has 3 aromatic heterocycles. The van der Waals surface area contributed by atoms with Gasteiger partial charge in [-0.25, -0.2) is 9.42 Å². The average Bonchev–Trinajstić information content (AvgIpc) is 3.62. The van der Waals surface area contributed by atoms with E-state index in [1.807, 2.05) is 31.2 Å². The molecule has 0 aliphatic rings. The van der Waals surface area contributed by atoms with Crippen molar-refractivity contribution in [3.05, 3.63) is 81.6 Å². The van der Waals surface area contributed by atoms with Gasteiger partial charge in [0.25, 0.3) is 5.69 Å². The highest BCUT2D eigenvalue weighted by atomic mass is 16.6. The molecular formula is C25H21N9O6. The molecule has 0 aliphatic carbocycles. The number of aryl methyl sites for hydroxylation is 1. The molecule has 202 valence electrons. The van der Waals surface area contributed by atoms with Crippen LogP contribution in [0, 0.1) is 17.0 Å². The second-order valence-corrected chi connectivity index (χ2v) is 8.23. The number of benzene rings is 2. The molecular weight excluding hydrogens is 522 g/mol. The molecule has 0 atom stereocenters. The minimum atomic E-state index is -0.652. The van der Waals surface area contributed by atoms with Crippen molar-refractivity contribution < 1.29 is 23.5 Å². The van der Waals surface area contributed by atoms with E-state index in [0.717, 1.165) is 17.3 Å². The monoisotopic (exact) mass is 543 g/mol. The molecule has 2 aromatic carbocycles. The summed E-state index contributed by atoms with van der Waals surface area (Å²) >= 11 is 0. The lowest BCUT2D eigenvalue weighted by atomic mass is 10.1. The van der Waals surface area contributed by atoms with E-state index < -0.39 is 10.9 Å². The molecule has 15 heteroatoms. The predicted octanol–water partition coefficient (Wildman–Crippen LogP) is 4.55. The highest BCUT2D eigenvalue weighted by Gasteiger charge is 2.21. The van der Waals surface area contributed by atoms with Crippen LogP contribution in [0.3, 0.4) is 0 Å². The third-order valence-corrected chi connectivity index (χ3v) is 5.45. The Morgan fingerprint density at radius 1 is 1.05 bits per heavy atom. The number of aromatic nitrogens is 4. The number of anilines is 3. The summed E-state index contributed by atoms with van der Waals surface area (Å²) in [6, 6.07) is 14.8. The van der Waals surface area contributed by atoms with Crippen molar-refractivity contribution in [2.24, 2.45) is 5.10 Å². The predicted molar refractivity (Wildman–Crippen MR) is 144 cm³/mol. The molecule has 0 saturated heterocycles. The van der Waals surface area contributed by atoms with Crippen molar-refractivity contribution in [2.45, 2.75) is 13.8 Å². The van der Waals surface area contributed by atoms with Crippen molar-refractivity contribution in [1.29, 1.82) is 0 Å². The van der Waals surface area contributed by atoms with Gasteiger partial charge in [-0.2, -0.15) is 15.1 Å². The molecule has 5 rings (SSSR count). The van der Waals surface area contributed by atoms with Crippen molar-refractivity contribution in [3.63, 3.8) is 0 Å². The van der Waals surface area contributed by atoms with Gasteiger partial charge < -0.3 is 9.15 Å². The number of carbonyl (C=O) groups excluding carboxylic acids is 1. The Kier molecular flexibility index (Phi) is 7.26. The average molecular weight is 544 g/mol. The first-order valence-corrected chi connectivity index (χ1v) is 11.8. The molecule has 0 aliphatic heterocycles. The Hall–Kier alpha value is -5.86. The van der Waals surface area contributed by atoms with E-state index in [0.29, 0.717) is 0 Å². The molecule has 5 aromatic rings.